The first-order chi connectivity index (χ1) is 6.07. The van der Waals surface area contributed by atoms with E-state index in [1.807, 2.05) is 11.7 Å². The summed E-state index contributed by atoms with van der Waals surface area (Å²) in [4.78, 5) is 0. The molecule has 1 aliphatic heterocycles. The SMILES string of the molecule is COCC1=N[N+](C)=C(C)C1C(C)C. The van der Waals surface area contributed by atoms with Crippen LogP contribution in [0.2, 0.25) is 0 Å². The van der Waals surface area contributed by atoms with Gasteiger partial charge in [0.2, 0.25) is 0 Å². The van der Waals surface area contributed by atoms with Crippen molar-refractivity contribution in [3.05, 3.63) is 0 Å². The minimum absolute atomic E-state index is 0.463. The van der Waals surface area contributed by atoms with Gasteiger partial charge >= 0.3 is 0 Å². The Morgan fingerprint density at radius 2 is 2.15 bits per heavy atom. The van der Waals surface area contributed by atoms with Gasteiger partial charge in [-0.1, -0.05) is 18.5 Å². The van der Waals surface area contributed by atoms with Gasteiger partial charge in [-0.25, -0.2) is 0 Å². The summed E-state index contributed by atoms with van der Waals surface area (Å²) >= 11 is 0. The van der Waals surface area contributed by atoms with Crippen molar-refractivity contribution in [2.45, 2.75) is 20.8 Å². The summed E-state index contributed by atoms with van der Waals surface area (Å²) in [5.41, 5.74) is 2.47. The number of hydrogen-bond acceptors (Lipinski definition) is 2. The van der Waals surface area contributed by atoms with Crippen LogP contribution in [-0.4, -0.2) is 36.9 Å². The molecular weight excluding hydrogens is 164 g/mol. The third kappa shape index (κ3) is 1.97. The molecular formula is C10H19N2O+. The summed E-state index contributed by atoms with van der Waals surface area (Å²) < 4.78 is 7.09. The number of ether oxygens (including phenoxy) is 1. The van der Waals surface area contributed by atoms with Gasteiger partial charge < -0.3 is 4.74 Å². The average molecular weight is 183 g/mol. The fourth-order valence-electron chi connectivity index (χ4n) is 1.91. The minimum atomic E-state index is 0.463. The van der Waals surface area contributed by atoms with Crippen LogP contribution in [0.1, 0.15) is 20.8 Å². The fraction of sp³-hybridized carbons (Fsp3) is 0.800. The molecule has 0 saturated heterocycles. The van der Waals surface area contributed by atoms with Crippen LogP contribution in [0.15, 0.2) is 5.10 Å². The van der Waals surface area contributed by atoms with E-state index in [2.05, 4.69) is 25.9 Å². The Morgan fingerprint density at radius 1 is 1.54 bits per heavy atom. The fourth-order valence-corrected chi connectivity index (χ4v) is 1.91. The van der Waals surface area contributed by atoms with Crippen LogP contribution >= 0.6 is 0 Å². The molecule has 1 atom stereocenters. The summed E-state index contributed by atoms with van der Waals surface area (Å²) in [5.74, 6) is 1.06. The standard InChI is InChI=1S/C10H19N2O/c1-7(2)10-8(3)12(4)11-9(10)6-13-5/h7,10H,6H2,1-5H3/q+1. The van der Waals surface area contributed by atoms with Crippen molar-refractivity contribution in [2.75, 3.05) is 20.8 Å². The molecule has 13 heavy (non-hydrogen) atoms. The molecule has 1 aliphatic rings. The Hall–Kier alpha value is -0.700. The Kier molecular flexibility index (Phi) is 3.20. The van der Waals surface area contributed by atoms with Crippen molar-refractivity contribution >= 4 is 11.4 Å². The third-order valence-corrected chi connectivity index (χ3v) is 2.56. The molecule has 0 aromatic heterocycles. The van der Waals surface area contributed by atoms with Crippen molar-refractivity contribution in [1.82, 2.24) is 0 Å². The van der Waals surface area contributed by atoms with Gasteiger partial charge in [0.15, 0.2) is 12.8 Å². The molecule has 0 saturated carbocycles. The maximum atomic E-state index is 5.13. The summed E-state index contributed by atoms with van der Waals surface area (Å²) in [7, 11) is 3.71. The van der Waals surface area contributed by atoms with Crippen molar-refractivity contribution in [2.24, 2.45) is 16.9 Å². The van der Waals surface area contributed by atoms with Gasteiger partial charge in [0.1, 0.15) is 5.71 Å². The second-order valence-corrected chi connectivity index (χ2v) is 3.91. The summed E-state index contributed by atoms with van der Waals surface area (Å²) in [6, 6.07) is 0. The third-order valence-electron chi connectivity index (χ3n) is 2.56. The van der Waals surface area contributed by atoms with Gasteiger partial charge in [-0.2, -0.15) is 0 Å². The predicted molar refractivity (Wildman–Crippen MR) is 54.5 cm³/mol. The predicted octanol–water partition coefficient (Wildman–Crippen LogP) is 1.38. The first-order valence-electron chi connectivity index (χ1n) is 4.71. The van der Waals surface area contributed by atoms with E-state index in [-0.39, 0.29) is 0 Å². The highest BCUT2D eigenvalue weighted by molar-refractivity contribution is 6.07. The van der Waals surface area contributed by atoms with E-state index in [1.165, 1.54) is 5.71 Å². The number of rotatable bonds is 3. The minimum Gasteiger partial charge on any atom is -0.378 e. The molecule has 0 aliphatic carbocycles. The van der Waals surface area contributed by atoms with E-state index in [4.69, 9.17) is 4.74 Å². The first kappa shape index (κ1) is 10.4. The van der Waals surface area contributed by atoms with E-state index >= 15 is 0 Å². The molecule has 0 aromatic carbocycles. The molecule has 0 aromatic rings. The Bertz CT molecular complexity index is 254. The lowest BCUT2D eigenvalue weighted by molar-refractivity contribution is -0.500. The Labute approximate surface area is 80.1 Å². The summed E-state index contributed by atoms with van der Waals surface area (Å²) in [5, 5.41) is 4.45. The monoisotopic (exact) mass is 183 g/mol. The molecule has 0 fully saturated rings. The molecule has 0 radical (unpaired) electrons. The lowest BCUT2D eigenvalue weighted by atomic mass is 9.88. The average Bonchev–Trinajstić information content (AvgIpc) is 2.28. The van der Waals surface area contributed by atoms with Gasteiger partial charge in [-0.15, -0.1) is 0 Å². The first-order valence-corrected chi connectivity index (χ1v) is 4.71. The highest BCUT2D eigenvalue weighted by Crippen LogP contribution is 2.19. The van der Waals surface area contributed by atoms with Crippen LogP contribution in [0.4, 0.5) is 0 Å². The molecule has 1 heterocycles. The lowest BCUT2D eigenvalue weighted by Crippen LogP contribution is -2.27. The normalized spacial score (nSPS) is 22.9. The Morgan fingerprint density at radius 3 is 2.62 bits per heavy atom. The molecule has 3 heteroatoms. The number of nitrogens with zero attached hydrogens (tertiary/aromatic N) is 2. The van der Waals surface area contributed by atoms with E-state index in [1.54, 1.807) is 7.11 Å². The van der Waals surface area contributed by atoms with E-state index in [0.717, 1.165) is 5.71 Å². The maximum Gasteiger partial charge on any atom is 0.191 e. The zero-order valence-electron chi connectivity index (χ0n) is 9.16. The van der Waals surface area contributed by atoms with Crippen LogP contribution in [0.25, 0.3) is 0 Å². The van der Waals surface area contributed by atoms with Crippen LogP contribution < -0.4 is 0 Å². The van der Waals surface area contributed by atoms with Crippen LogP contribution in [0.5, 0.6) is 0 Å². The molecule has 1 unspecified atom stereocenters. The topological polar surface area (TPSA) is 24.6 Å². The van der Waals surface area contributed by atoms with Crippen LogP contribution in [0.3, 0.4) is 0 Å². The molecule has 0 amide bonds. The van der Waals surface area contributed by atoms with Gasteiger partial charge in [-0.3, -0.25) is 0 Å². The van der Waals surface area contributed by atoms with E-state index in [0.29, 0.717) is 18.4 Å². The second kappa shape index (κ2) is 4.01. The van der Waals surface area contributed by atoms with Crippen LogP contribution in [0, 0.1) is 11.8 Å². The quantitative estimate of drug-likeness (QED) is 0.607. The molecule has 1 rings (SSSR count). The zero-order chi connectivity index (χ0) is 10.0. The van der Waals surface area contributed by atoms with Gasteiger partial charge in [-0.05, 0) is 11.0 Å². The number of hydrazone groups is 1. The molecule has 0 bridgehead atoms. The number of methoxy groups -OCH3 is 1. The van der Waals surface area contributed by atoms with Gasteiger partial charge in [0.05, 0.1) is 12.5 Å². The van der Waals surface area contributed by atoms with Crippen molar-refractivity contribution in [3.8, 4) is 0 Å². The molecule has 0 spiro atoms. The van der Waals surface area contributed by atoms with Crippen LogP contribution in [-0.2, 0) is 4.74 Å². The zero-order valence-corrected chi connectivity index (χ0v) is 9.16. The highest BCUT2D eigenvalue weighted by Gasteiger charge is 2.34. The van der Waals surface area contributed by atoms with E-state index < -0.39 is 0 Å². The smallest absolute Gasteiger partial charge is 0.191 e. The maximum absolute atomic E-state index is 5.13. The summed E-state index contributed by atoms with van der Waals surface area (Å²) in [6.07, 6.45) is 0. The van der Waals surface area contributed by atoms with E-state index in [9.17, 15) is 0 Å². The van der Waals surface area contributed by atoms with Crippen molar-refractivity contribution in [3.63, 3.8) is 0 Å². The lowest BCUT2D eigenvalue weighted by Gasteiger charge is -2.12. The highest BCUT2D eigenvalue weighted by atomic mass is 16.5. The van der Waals surface area contributed by atoms with Crippen molar-refractivity contribution < 1.29 is 9.42 Å². The van der Waals surface area contributed by atoms with Crippen molar-refractivity contribution in [1.29, 1.82) is 0 Å². The molecule has 3 nitrogen and oxygen atoms in total. The largest absolute Gasteiger partial charge is 0.378 e. The molecule has 0 N–H and O–H groups in total. The van der Waals surface area contributed by atoms with Gasteiger partial charge in [0.25, 0.3) is 0 Å². The molecule has 74 valence electrons. The second-order valence-electron chi connectivity index (χ2n) is 3.91. The number of hydrogen-bond donors (Lipinski definition) is 0. The Balaban J connectivity index is 2.84. The van der Waals surface area contributed by atoms with Gasteiger partial charge in [0, 0.05) is 14.0 Å². The summed E-state index contributed by atoms with van der Waals surface area (Å²) in [6.45, 7) is 7.22.